The van der Waals surface area contributed by atoms with Crippen molar-refractivity contribution in [1.29, 1.82) is 0 Å². The van der Waals surface area contributed by atoms with Crippen LogP contribution < -0.4 is 5.32 Å². The smallest absolute Gasteiger partial charge is 0.325 e. The molecule has 0 aliphatic carbocycles. The highest BCUT2D eigenvalue weighted by molar-refractivity contribution is 5.87. The van der Waals surface area contributed by atoms with Gasteiger partial charge in [-0.1, -0.05) is 18.2 Å². The van der Waals surface area contributed by atoms with Crippen LogP contribution in [-0.2, 0) is 16.0 Å². The van der Waals surface area contributed by atoms with Crippen LogP contribution in [0.15, 0.2) is 24.4 Å². The topological polar surface area (TPSA) is 82.2 Å². The molecule has 1 heterocycles. The largest absolute Gasteiger partial charge is 0.480 e. The number of carbonyl (C=O) groups excluding carboxylic acids is 1. The summed E-state index contributed by atoms with van der Waals surface area (Å²) in [4.78, 5) is 25.5. The number of aryl methyl sites for hydroxylation is 2. The molecule has 106 valence electrons. The van der Waals surface area contributed by atoms with Gasteiger partial charge in [0.05, 0.1) is 0 Å². The number of hydrogen-bond donors (Lipinski definition) is 3. The highest BCUT2D eigenvalue weighted by Gasteiger charge is 2.14. The lowest BCUT2D eigenvalue weighted by Crippen LogP contribution is -2.38. The van der Waals surface area contributed by atoms with E-state index in [0.717, 1.165) is 22.0 Å². The molecule has 20 heavy (non-hydrogen) atoms. The van der Waals surface area contributed by atoms with Crippen molar-refractivity contribution in [2.45, 2.75) is 32.7 Å². The molecule has 0 fully saturated rings. The zero-order valence-electron chi connectivity index (χ0n) is 11.6. The average molecular weight is 274 g/mol. The first kappa shape index (κ1) is 14.1. The van der Waals surface area contributed by atoms with E-state index in [4.69, 9.17) is 5.11 Å². The highest BCUT2D eigenvalue weighted by atomic mass is 16.4. The normalized spacial score (nSPS) is 12.3. The fraction of sp³-hybridized carbons (Fsp3) is 0.333. The summed E-state index contributed by atoms with van der Waals surface area (Å²) >= 11 is 0. The Kier molecular flexibility index (Phi) is 4.08. The van der Waals surface area contributed by atoms with Gasteiger partial charge in [0.15, 0.2) is 0 Å². The molecule has 0 bridgehead atoms. The van der Waals surface area contributed by atoms with Crippen LogP contribution in [0.1, 0.15) is 24.5 Å². The summed E-state index contributed by atoms with van der Waals surface area (Å²) in [6.07, 6.45) is 2.77. The first-order valence-electron chi connectivity index (χ1n) is 6.57. The number of para-hydroxylation sites is 1. The molecule has 1 aromatic carbocycles. The van der Waals surface area contributed by atoms with Crippen LogP contribution in [0.2, 0.25) is 0 Å². The Labute approximate surface area is 117 Å². The lowest BCUT2D eigenvalue weighted by atomic mass is 10.1. The van der Waals surface area contributed by atoms with Gasteiger partial charge in [-0.15, -0.1) is 0 Å². The van der Waals surface area contributed by atoms with Crippen molar-refractivity contribution in [3.63, 3.8) is 0 Å². The number of amides is 1. The summed E-state index contributed by atoms with van der Waals surface area (Å²) < 4.78 is 0. The van der Waals surface area contributed by atoms with Gasteiger partial charge in [0.2, 0.25) is 5.91 Å². The number of H-pyrrole nitrogens is 1. The molecule has 0 radical (unpaired) electrons. The van der Waals surface area contributed by atoms with E-state index in [1.807, 2.05) is 31.3 Å². The first-order chi connectivity index (χ1) is 9.49. The molecule has 5 heteroatoms. The Morgan fingerprint density at radius 2 is 2.15 bits per heavy atom. The van der Waals surface area contributed by atoms with Crippen molar-refractivity contribution in [2.75, 3.05) is 0 Å². The second-order valence-corrected chi connectivity index (χ2v) is 4.94. The molecule has 0 aliphatic rings. The molecule has 0 unspecified atom stereocenters. The molecule has 1 atom stereocenters. The minimum Gasteiger partial charge on any atom is -0.480 e. The number of hydrogen-bond acceptors (Lipinski definition) is 2. The Hall–Kier alpha value is -2.30. The Morgan fingerprint density at radius 3 is 2.85 bits per heavy atom. The Bertz CT molecular complexity index is 646. The molecule has 5 nitrogen and oxygen atoms in total. The van der Waals surface area contributed by atoms with Gasteiger partial charge in [-0.05, 0) is 31.4 Å². The molecule has 0 saturated heterocycles. The van der Waals surface area contributed by atoms with Gasteiger partial charge in [-0.25, -0.2) is 0 Å². The summed E-state index contributed by atoms with van der Waals surface area (Å²) in [5, 5.41) is 12.3. The van der Waals surface area contributed by atoms with Gasteiger partial charge in [-0.3, -0.25) is 9.59 Å². The van der Waals surface area contributed by atoms with E-state index in [-0.39, 0.29) is 12.3 Å². The number of aromatic nitrogens is 1. The van der Waals surface area contributed by atoms with Crippen LogP contribution in [0, 0.1) is 6.92 Å². The third kappa shape index (κ3) is 2.99. The fourth-order valence-electron chi connectivity index (χ4n) is 2.19. The minimum atomic E-state index is -1.03. The van der Waals surface area contributed by atoms with Crippen LogP contribution in [0.5, 0.6) is 0 Å². The van der Waals surface area contributed by atoms with Crippen LogP contribution in [0.3, 0.4) is 0 Å². The van der Waals surface area contributed by atoms with Crippen molar-refractivity contribution in [1.82, 2.24) is 10.3 Å². The Morgan fingerprint density at radius 1 is 1.40 bits per heavy atom. The number of carboxylic acids is 1. The molecule has 1 amide bonds. The van der Waals surface area contributed by atoms with E-state index in [2.05, 4.69) is 10.3 Å². The van der Waals surface area contributed by atoms with Crippen molar-refractivity contribution < 1.29 is 14.7 Å². The zero-order chi connectivity index (χ0) is 14.7. The van der Waals surface area contributed by atoms with E-state index in [1.165, 1.54) is 6.92 Å². The lowest BCUT2D eigenvalue weighted by Gasteiger charge is -2.08. The van der Waals surface area contributed by atoms with E-state index >= 15 is 0 Å². The first-order valence-corrected chi connectivity index (χ1v) is 6.57. The van der Waals surface area contributed by atoms with Gasteiger partial charge in [-0.2, -0.15) is 0 Å². The molecule has 1 aromatic heterocycles. The number of carboxylic acid groups (broad SMARTS) is 1. The number of aliphatic carboxylic acids is 1. The maximum Gasteiger partial charge on any atom is 0.325 e. The van der Waals surface area contributed by atoms with Gasteiger partial charge in [0.1, 0.15) is 6.04 Å². The lowest BCUT2D eigenvalue weighted by molar-refractivity contribution is -0.141. The SMILES string of the molecule is Cc1cccc2c(CCC(=O)N[C@@H](C)C(=O)O)c[nH]c12. The van der Waals surface area contributed by atoms with Crippen molar-refractivity contribution >= 4 is 22.8 Å². The van der Waals surface area contributed by atoms with Crippen LogP contribution in [0.4, 0.5) is 0 Å². The summed E-state index contributed by atoms with van der Waals surface area (Å²) in [6.45, 7) is 3.49. The fourth-order valence-corrected chi connectivity index (χ4v) is 2.19. The average Bonchev–Trinajstić information content (AvgIpc) is 2.81. The van der Waals surface area contributed by atoms with Crippen LogP contribution in [-0.4, -0.2) is 28.0 Å². The zero-order valence-corrected chi connectivity index (χ0v) is 11.6. The Balaban J connectivity index is 2.01. The van der Waals surface area contributed by atoms with Gasteiger partial charge < -0.3 is 15.4 Å². The second kappa shape index (κ2) is 5.77. The second-order valence-electron chi connectivity index (χ2n) is 4.94. The molecular formula is C15H18N2O3. The predicted octanol–water partition coefficient (Wildman–Crippen LogP) is 2.00. The predicted molar refractivity (Wildman–Crippen MR) is 76.6 cm³/mol. The van der Waals surface area contributed by atoms with E-state index in [0.29, 0.717) is 6.42 Å². The summed E-state index contributed by atoms with van der Waals surface area (Å²) in [7, 11) is 0. The van der Waals surface area contributed by atoms with Gasteiger partial charge in [0.25, 0.3) is 0 Å². The summed E-state index contributed by atoms with van der Waals surface area (Å²) in [5.41, 5.74) is 3.32. The summed E-state index contributed by atoms with van der Waals surface area (Å²) in [5.74, 6) is -1.28. The molecule has 0 aliphatic heterocycles. The maximum absolute atomic E-state index is 11.7. The summed E-state index contributed by atoms with van der Waals surface area (Å²) in [6, 6.07) is 5.19. The van der Waals surface area contributed by atoms with E-state index in [1.54, 1.807) is 0 Å². The number of benzene rings is 1. The molecule has 2 aromatic rings. The monoisotopic (exact) mass is 274 g/mol. The third-order valence-corrected chi connectivity index (χ3v) is 3.38. The maximum atomic E-state index is 11.7. The van der Waals surface area contributed by atoms with Crippen molar-refractivity contribution in [3.8, 4) is 0 Å². The molecule has 0 spiro atoms. The van der Waals surface area contributed by atoms with Crippen molar-refractivity contribution in [2.24, 2.45) is 0 Å². The molecule has 0 saturated carbocycles. The minimum absolute atomic E-state index is 0.248. The van der Waals surface area contributed by atoms with Crippen LogP contribution >= 0.6 is 0 Å². The molecular weight excluding hydrogens is 256 g/mol. The van der Waals surface area contributed by atoms with Crippen molar-refractivity contribution in [3.05, 3.63) is 35.5 Å². The molecule has 3 N–H and O–H groups in total. The third-order valence-electron chi connectivity index (χ3n) is 3.38. The van der Waals surface area contributed by atoms with Gasteiger partial charge >= 0.3 is 5.97 Å². The molecule has 2 rings (SSSR count). The van der Waals surface area contributed by atoms with Gasteiger partial charge in [0, 0.05) is 23.5 Å². The number of rotatable bonds is 5. The number of carbonyl (C=O) groups is 2. The number of aromatic amines is 1. The van der Waals surface area contributed by atoms with E-state index < -0.39 is 12.0 Å². The van der Waals surface area contributed by atoms with E-state index in [9.17, 15) is 9.59 Å². The highest BCUT2D eigenvalue weighted by Crippen LogP contribution is 2.22. The quantitative estimate of drug-likeness (QED) is 0.780. The number of nitrogens with one attached hydrogen (secondary N) is 2. The number of fused-ring (bicyclic) bond motifs is 1. The van der Waals surface area contributed by atoms with Crippen LogP contribution in [0.25, 0.3) is 10.9 Å². The standard InChI is InChI=1S/C15H18N2O3/c1-9-4-3-5-12-11(8-16-14(9)12)6-7-13(18)17-10(2)15(19)20/h3-5,8,10,16H,6-7H2,1-2H3,(H,17,18)(H,19,20)/t10-/m0/s1.